The number of ether oxygens (including phenoxy) is 1. The summed E-state index contributed by atoms with van der Waals surface area (Å²) in [6.07, 6.45) is 5.62. The summed E-state index contributed by atoms with van der Waals surface area (Å²) in [5.74, 6) is 0.676. The molecule has 1 atom stereocenters. The molecule has 1 aromatic rings. The van der Waals surface area contributed by atoms with Gasteiger partial charge in [-0.05, 0) is 36.8 Å². The molecule has 96 valence electrons. The molecule has 0 fully saturated rings. The second kappa shape index (κ2) is 8.20. The van der Waals surface area contributed by atoms with Crippen molar-refractivity contribution in [2.75, 3.05) is 13.2 Å². The average Bonchev–Trinajstić information content (AvgIpc) is 2.29. The molecular formula is C14H23NO2. The third-order valence-electron chi connectivity index (χ3n) is 2.63. The fourth-order valence-electron chi connectivity index (χ4n) is 1.53. The van der Waals surface area contributed by atoms with Crippen LogP contribution in [-0.2, 0) is 11.2 Å². The molecule has 0 amide bonds. The fourth-order valence-corrected chi connectivity index (χ4v) is 1.53. The zero-order valence-corrected chi connectivity index (χ0v) is 10.8. The Kier molecular flexibility index (Phi) is 6.82. The highest BCUT2D eigenvalue weighted by Gasteiger charge is 2.05. The van der Waals surface area contributed by atoms with Gasteiger partial charge in [-0.2, -0.15) is 0 Å². The van der Waals surface area contributed by atoms with Crippen LogP contribution in [0.3, 0.4) is 0 Å². The summed E-state index contributed by atoms with van der Waals surface area (Å²) >= 11 is 0. The van der Waals surface area contributed by atoms with Crippen LogP contribution >= 0.6 is 0 Å². The van der Waals surface area contributed by atoms with Crippen molar-refractivity contribution in [2.24, 2.45) is 5.92 Å². The van der Waals surface area contributed by atoms with Gasteiger partial charge in [0.15, 0.2) is 0 Å². The molecule has 0 aliphatic heterocycles. The van der Waals surface area contributed by atoms with Crippen LogP contribution in [0.15, 0.2) is 24.5 Å². The lowest BCUT2D eigenvalue weighted by molar-refractivity contribution is 0.0769. The van der Waals surface area contributed by atoms with Crippen molar-refractivity contribution in [1.82, 2.24) is 4.98 Å². The van der Waals surface area contributed by atoms with Gasteiger partial charge in [-0.3, -0.25) is 4.98 Å². The Labute approximate surface area is 104 Å². The normalized spacial score (nSPS) is 12.9. The Balaban J connectivity index is 2.07. The number of aliphatic hydroxyl groups is 1. The lowest BCUT2D eigenvalue weighted by Gasteiger charge is -2.11. The largest absolute Gasteiger partial charge is 0.393 e. The zero-order valence-electron chi connectivity index (χ0n) is 10.8. The minimum atomic E-state index is -0.335. The summed E-state index contributed by atoms with van der Waals surface area (Å²) in [7, 11) is 0. The number of pyridine rings is 1. The van der Waals surface area contributed by atoms with Crippen LogP contribution in [0.25, 0.3) is 0 Å². The van der Waals surface area contributed by atoms with Gasteiger partial charge in [-0.25, -0.2) is 0 Å². The number of nitrogens with zero attached hydrogens (tertiary/aromatic N) is 1. The molecule has 0 aromatic carbocycles. The van der Waals surface area contributed by atoms with Crippen LogP contribution in [0, 0.1) is 5.92 Å². The quantitative estimate of drug-likeness (QED) is 0.706. The molecule has 1 unspecified atom stereocenters. The van der Waals surface area contributed by atoms with Crippen molar-refractivity contribution in [2.45, 2.75) is 39.2 Å². The maximum Gasteiger partial charge on any atom is 0.0603 e. The first-order chi connectivity index (χ1) is 8.18. The van der Waals surface area contributed by atoms with Crippen molar-refractivity contribution < 1.29 is 9.84 Å². The van der Waals surface area contributed by atoms with Gasteiger partial charge in [0.1, 0.15) is 0 Å². The molecule has 1 rings (SSSR count). The van der Waals surface area contributed by atoms with Gasteiger partial charge in [-0.15, -0.1) is 0 Å². The van der Waals surface area contributed by atoms with Crippen LogP contribution in [0.5, 0.6) is 0 Å². The number of rotatable bonds is 8. The van der Waals surface area contributed by atoms with Gasteiger partial charge < -0.3 is 9.84 Å². The summed E-state index contributed by atoms with van der Waals surface area (Å²) in [6, 6.07) is 3.87. The summed E-state index contributed by atoms with van der Waals surface area (Å²) in [6.45, 7) is 5.78. The van der Waals surface area contributed by atoms with Gasteiger partial charge in [-0.1, -0.05) is 19.9 Å². The highest BCUT2D eigenvalue weighted by molar-refractivity contribution is 5.09. The third kappa shape index (κ3) is 7.08. The van der Waals surface area contributed by atoms with Gasteiger partial charge in [0.25, 0.3) is 0 Å². The van der Waals surface area contributed by atoms with Crippen molar-refractivity contribution in [1.29, 1.82) is 0 Å². The molecule has 1 aromatic heterocycles. The zero-order chi connectivity index (χ0) is 12.5. The summed E-state index contributed by atoms with van der Waals surface area (Å²) < 4.78 is 5.48. The molecule has 3 heteroatoms. The molecule has 0 aliphatic carbocycles. The van der Waals surface area contributed by atoms with Crippen LogP contribution in [0.4, 0.5) is 0 Å². The van der Waals surface area contributed by atoms with Crippen LogP contribution in [0.2, 0.25) is 0 Å². The molecule has 3 nitrogen and oxygen atoms in total. The number of hydrogen-bond donors (Lipinski definition) is 1. The van der Waals surface area contributed by atoms with Crippen molar-refractivity contribution in [3.63, 3.8) is 0 Å². The Morgan fingerprint density at radius 1 is 1.29 bits per heavy atom. The Morgan fingerprint density at radius 3 is 2.71 bits per heavy atom. The molecule has 0 saturated heterocycles. The minimum Gasteiger partial charge on any atom is -0.393 e. The fraction of sp³-hybridized carbons (Fsp3) is 0.643. The molecule has 17 heavy (non-hydrogen) atoms. The van der Waals surface area contributed by atoms with Gasteiger partial charge in [0, 0.05) is 25.6 Å². The van der Waals surface area contributed by atoms with E-state index in [1.807, 2.05) is 12.1 Å². The molecule has 0 bridgehead atoms. The van der Waals surface area contributed by atoms with Crippen LogP contribution in [0.1, 0.15) is 32.3 Å². The van der Waals surface area contributed by atoms with E-state index in [0.717, 1.165) is 18.6 Å². The molecule has 0 radical (unpaired) electrons. The second-order valence-electron chi connectivity index (χ2n) is 4.80. The van der Waals surface area contributed by atoms with E-state index >= 15 is 0 Å². The van der Waals surface area contributed by atoms with E-state index in [0.29, 0.717) is 25.4 Å². The summed E-state index contributed by atoms with van der Waals surface area (Å²) in [4.78, 5) is 4.02. The van der Waals surface area contributed by atoms with Gasteiger partial charge in [0.2, 0.25) is 0 Å². The van der Waals surface area contributed by atoms with Crippen LogP contribution < -0.4 is 0 Å². The predicted molar refractivity (Wildman–Crippen MR) is 68.8 cm³/mol. The second-order valence-corrected chi connectivity index (χ2v) is 4.80. The van der Waals surface area contributed by atoms with E-state index in [2.05, 4.69) is 18.8 Å². The Hall–Kier alpha value is -0.930. The molecule has 1 heterocycles. The SMILES string of the molecule is CC(C)CCOCCC(O)Cc1cccnc1. The lowest BCUT2D eigenvalue weighted by Crippen LogP contribution is -2.14. The standard InChI is InChI=1S/C14H23NO2/c1-12(2)5-8-17-9-6-14(16)10-13-4-3-7-15-11-13/h3-4,7,11-12,14,16H,5-6,8-10H2,1-2H3. The van der Waals surface area contributed by atoms with E-state index in [4.69, 9.17) is 4.74 Å². The van der Waals surface area contributed by atoms with Crippen molar-refractivity contribution in [3.05, 3.63) is 30.1 Å². The molecule has 0 aliphatic rings. The molecule has 0 spiro atoms. The summed E-state index contributed by atoms with van der Waals surface area (Å²) in [5.41, 5.74) is 1.07. The molecule has 1 N–H and O–H groups in total. The number of aliphatic hydroxyl groups excluding tert-OH is 1. The maximum absolute atomic E-state index is 9.80. The van der Waals surface area contributed by atoms with Crippen molar-refractivity contribution in [3.8, 4) is 0 Å². The highest BCUT2D eigenvalue weighted by atomic mass is 16.5. The first-order valence-corrected chi connectivity index (χ1v) is 6.33. The Morgan fingerprint density at radius 2 is 2.06 bits per heavy atom. The monoisotopic (exact) mass is 237 g/mol. The summed E-state index contributed by atoms with van der Waals surface area (Å²) in [5, 5.41) is 9.80. The van der Waals surface area contributed by atoms with Gasteiger partial charge >= 0.3 is 0 Å². The molecule has 0 saturated carbocycles. The van der Waals surface area contributed by atoms with E-state index < -0.39 is 0 Å². The number of hydrogen-bond acceptors (Lipinski definition) is 3. The first kappa shape index (κ1) is 14.1. The van der Waals surface area contributed by atoms with Crippen molar-refractivity contribution >= 4 is 0 Å². The number of aromatic nitrogens is 1. The average molecular weight is 237 g/mol. The highest BCUT2D eigenvalue weighted by Crippen LogP contribution is 2.05. The van der Waals surface area contributed by atoms with E-state index in [1.54, 1.807) is 12.4 Å². The molecular weight excluding hydrogens is 214 g/mol. The first-order valence-electron chi connectivity index (χ1n) is 6.33. The van der Waals surface area contributed by atoms with Gasteiger partial charge in [0.05, 0.1) is 6.10 Å². The lowest BCUT2D eigenvalue weighted by atomic mass is 10.1. The minimum absolute atomic E-state index is 0.335. The topological polar surface area (TPSA) is 42.4 Å². The predicted octanol–water partition coefficient (Wildman–Crippen LogP) is 2.44. The smallest absolute Gasteiger partial charge is 0.0603 e. The third-order valence-corrected chi connectivity index (χ3v) is 2.63. The van der Waals surface area contributed by atoms with E-state index in [-0.39, 0.29) is 6.10 Å². The van der Waals surface area contributed by atoms with E-state index in [9.17, 15) is 5.11 Å². The maximum atomic E-state index is 9.80. The Bertz CT molecular complexity index is 288. The van der Waals surface area contributed by atoms with E-state index in [1.165, 1.54) is 0 Å². The van der Waals surface area contributed by atoms with Crippen LogP contribution in [-0.4, -0.2) is 29.4 Å².